The van der Waals surface area contributed by atoms with Crippen LogP contribution in [0.1, 0.15) is 30.4 Å². The second-order valence-electron chi connectivity index (χ2n) is 3.79. The molecule has 0 nitrogen and oxygen atoms in total. The molecule has 0 aliphatic heterocycles. The minimum atomic E-state index is 0. The van der Waals surface area contributed by atoms with Crippen LogP contribution in [0.15, 0.2) is 36.4 Å². The summed E-state index contributed by atoms with van der Waals surface area (Å²) in [4.78, 5) is 0. The molecule has 0 saturated heterocycles. The van der Waals surface area contributed by atoms with Crippen molar-refractivity contribution in [1.29, 1.82) is 0 Å². The largest absolute Gasteiger partial charge is 0.273 e. The number of allylic oxidation sites excluding steroid dienone is 4. The molecule has 2 aliphatic rings. The molecule has 3 rings (SSSR count). The fourth-order valence-corrected chi connectivity index (χ4v) is 1.95. The van der Waals surface area contributed by atoms with Crippen molar-refractivity contribution in [3.63, 3.8) is 0 Å². The van der Waals surface area contributed by atoms with Crippen molar-refractivity contribution in [3.05, 3.63) is 53.6 Å². The Kier molecular flexibility index (Phi) is 6.00. The van der Waals surface area contributed by atoms with Crippen LogP contribution < -0.4 is 0 Å². The molecule has 15 heavy (non-hydrogen) atoms. The van der Waals surface area contributed by atoms with Gasteiger partial charge in [-0.05, 0) is 0 Å². The number of hydrogen-bond acceptors (Lipinski definition) is 0. The third kappa shape index (κ3) is 3.98. The first-order valence-electron chi connectivity index (χ1n) is 5.42. The first-order valence-corrected chi connectivity index (χ1v) is 5.42. The molecular formula is C14H16Hf-2. The van der Waals surface area contributed by atoms with E-state index in [0.717, 1.165) is 6.42 Å². The molecular weight excluding hydrogens is 347 g/mol. The molecule has 0 aromatic heterocycles. The van der Waals surface area contributed by atoms with Gasteiger partial charge in [-0.15, -0.1) is 6.42 Å². The second-order valence-corrected chi connectivity index (χ2v) is 3.79. The van der Waals surface area contributed by atoms with E-state index in [-0.39, 0.29) is 25.8 Å². The zero-order chi connectivity index (χ0) is 9.64. The summed E-state index contributed by atoms with van der Waals surface area (Å²) in [6.07, 6.45) is 15.4. The molecule has 0 heterocycles. The Hall–Kier alpha value is -0.300. The van der Waals surface area contributed by atoms with Crippen LogP contribution in [0, 0.1) is 6.08 Å². The van der Waals surface area contributed by atoms with Gasteiger partial charge < -0.3 is 0 Å². The molecule has 1 heteroatoms. The molecule has 1 aromatic rings. The zero-order valence-electron chi connectivity index (χ0n) is 9.00. The van der Waals surface area contributed by atoms with Gasteiger partial charge in [-0.1, -0.05) is 25.7 Å². The smallest absolute Gasteiger partial charge is 0 e. The molecule has 0 radical (unpaired) electrons. The van der Waals surface area contributed by atoms with Crippen LogP contribution in [0.4, 0.5) is 0 Å². The van der Waals surface area contributed by atoms with Crippen LogP contribution in [-0.2, 0) is 38.7 Å². The third-order valence-electron chi connectivity index (χ3n) is 2.74. The topological polar surface area (TPSA) is 0 Å². The van der Waals surface area contributed by atoms with E-state index in [4.69, 9.17) is 0 Å². The summed E-state index contributed by atoms with van der Waals surface area (Å²) in [6, 6.07) is 6.69. The van der Waals surface area contributed by atoms with E-state index in [1.165, 1.54) is 25.7 Å². The van der Waals surface area contributed by atoms with E-state index in [1.807, 2.05) is 12.2 Å². The Labute approximate surface area is 111 Å². The standard InChI is InChI=1S/C9H11.C5H5.Hf/c1-2-5-9-7-3-6-8(9)4-1;1-2-4-5-3-1;/h3,6-7H,1-2,4-5H2;1-3H,4H2;/q2*-1;. The molecule has 0 saturated carbocycles. The molecule has 78 valence electrons. The Balaban J connectivity index is 0.000000162. The van der Waals surface area contributed by atoms with Gasteiger partial charge in [-0.3, -0.25) is 6.08 Å². The van der Waals surface area contributed by atoms with Crippen LogP contribution in [0.5, 0.6) is 0 Å². The first kappa shape index (κ1) is 12.8. The zero-order valence-corrected chi connectivity index (χ0v) is 12.6. The van der Waals surface area contributed by atoms with Gasteiger partial charge in [0, 0.05) is 25.8 Å². The molecule has 0 fully saturated rings. The van der Waals surface area contributed by atoms with E-state index in [1.54, 1.807) is 11.1 Å². The minimum Gasteiger partial charge on any atom is -0.273 e. The average Bonchev–Trinajstić information content (AvgIpc) is 2.92. The predicted octanol–water partition coefficient (Wildman–Crippen LogP) is 3.59. The summed E-state index contributed by atoms with van der Waals surface area (Å²) in [6.45, 7) is 0. The van der Waals surface area contributed by atoms with E-state index in [9.17, 15) is 0 Å². The van der Waals surface area contributed by atoms with E-state index in [0.29, 0.717) is 0 Å². The van der Waals surface area contributed by atoms with Gasteiger partial charge in [0.05, 0.1) is 0 Å². The summed E-state index contributed by atoms with van der Waals surface area (Å²) in [5.74, 6) is 0. The Bertz CT molecular complexity index is 300. The minimum absolute atomic E-state index is 0. The SMILES string of the molecule is [C-]1=CC=CC1.[Hf].c1cc2c([cH-]1)CCCC2. The number of hydrogen-bond donors (Lipinski definition) is 0. The third-order valence-corrected chi connectivity index (χ3v) is 2.74. The van der Waals surface area contributed by atoms with E-state index < -0.39 is 0 Å². The predicted molar refractivity (Wildman–Crippen MR) is 60.2 cm³/mol. The maximum Gasteiger partial charge on any atom is 0 e. The van der Waals surface area contributed by atoms with E-state index >= 15 is 0 Å². The van der Waals surface area contributed by atoms with Crippen molar-refractivity contribution in [2.45, 2.75) is 32.1 Å². The fraction of sp³-hybridized carbons (Fsp3) is 0.357. The van der Waals surface area contributed by atoms with Crippen LogP contribution in [-0.4, -0.2) is 0 Å². The normalized spacial score (nSPS) is 16.3. The van der Waals surface area contributed by atoms with Crippen LogP contribution in [0.25, 0.3) is 0 Å². The summed E-state index contributed by atoms with van der Waals surface area (Å²) in [5, 5.41) is 0. The molecule has 0 spiro atoms. The van der Waals surface area contributed by atoms with E-state index in [2.05, 4.69) is 30.4 Å². The van der Waals surface area contributed by atoms with Gasteiger partial charge in [0.1, 0.15) is 0 Å². The molecule has 1 aromatic carbocycles. The number of fused-ring (bicyclic) bond motifs is 1. The van der Waals surface area contributed by atoms with Crippen LogP contribution in [0.2, 0.25) is 0 Å². The Morgan fingerprint density at radius 1 is 1.20 bits per heavy atom. The molecule has 0 amide bonds. The van der Waals surface area contributed by atoms with Gasteiger partial charge in [0.2, 0.25) is 0 Å². The Morgan fingerprint density at radius 3 is 2.67 bits per heavy atom. The second kappa shape index (κ2) is 7.05. The fourth-order valence-electron chi connectivity index (χ4n) is 1.95. The van der Waals surface area contributed by atoms with Crippen molar-refractivity contribution in [2.24, 2.45) is 0 Å². The molecule has 0 N–H and O–H groups in total. The van der Waals surface area contributed by atoms with Crippen molar-refractivity contribution < 1.29 is 25.8 Å². The molecule has 0 atom stereocenters. The number of rotatable bonds is 0. The Morgan fingerprint density at radius 2 is 2.07 bits per heavy atom. The van der Waals surface area contributed by atoms with Crippen LogP contribution >= 0.6 is 0 Å². The molecule has 2 aliphatic carbocycles. The van der Waals surface area contributed by atoms with Gasteiger partial charge >= 0.3 is 0 Å². The average molecular weight is 363 g/mol. The van der Waals surface area contributed by atoms with Crippen molar-refractivity contribution in [3.8, 4) is 0 Å². The quantitative estimate of drug-likeness (QED) is 0.489. The number of aryl methyl sites for hydroxylation is 2. The van der Waals surface area contributed by atoms with Gasteiger partial charge in [-0.2, -0.15) is 29.3 Å². The van der Waals surface area contributed by atoms with Crippen molar-refractivity contribution in [2.75, 3.05) is 0 Å². The van der Waals surface area contributed by atoms with Crippen molar-refractivity contribution in [1.82, 2.24) is 0 Å². The van der Waals surface area contributed by atoms with Gasteiger partial charge in [0.15, 0.2) is 0 Å². The van der Waals surface area contributed by atoms with Gasteiger partial charge in [-0.25, -0.2) is 18.2 Å². The maximum atomic E-state index is 2.99. The first-order chi connectivity index (χ1) is 6.97. The monoisotopic (exact) mass is 364 g/mol. The van der Waals surface area contributed by atoms with Crippen LogP contribution in [0.3, 0.4) is 0 Å². The summed E-state index contributed by atoms with van der Waals surface area (Å²) in [7, 11) is 0. The molecule has 0 bridgehead atoms. The summed E-state index contributed by atoms with van der Waals surface area (Å²) >= 11 is 0. The summed E-state index contributed by atoms with van der Waals surface area (Å²) in [5.41, 5.74) is 3.20. The molecule has 0 unspecified atom stereocenters. The van der Waals surface area contributed by atoms with Crippen molar-refractivity contribution >= 4 is 0 Å². The maximum absolute atomic E-state index is 2.99. The summed E-state index contributed by atoms with van der Waals surface area (Å²) < 4.78 is 0. The van der Waals surface area contributed by atoms with Gasteiger partial charge in [0.25, 0.3) is 0 Å².